The summed E-state index contributed by atoms with van der Waals surface area (Å²) in [5, 5.41) is 3.73. The van der Waals surface area contributed by atoms with Crippen LogP contribution >= 0.6 is 11.6 Å². The van der Waals surface area contributed by atoms with Gasteiger partial charge in [0.05, 0.1) is 17.9 Å². The summed E-state index contributed by atoms with van der Waals surface area (Å²) in [6, 6.07) is 18.7. The van der Waals surface area contributed by atoms with Gasteiger partial charge in [0.1, 0.15) is 5.76 Å². The van der Waals surface area contributed by atoms with Crippen LogP contribution < -0.4 is 5.32 Å². The molecule has 0 bridgehead atoms. The van der Waals surface area contributed by atoms with Crippen LogP contribution in [0, 0.1) is 6.92 Å². The van der Waals surface area contributed by atoms with E-state index in [1.165, 1.54) is 6.26 Å². The van der Waals surface area contributed by atoms with Crippen LogP contribution in [0.5, 0.6) is 0 Å². The van der Waals surface area contributed by atoms with E-state index < -0.39 is 0 Å². The fraction of sp³-hybridized carbons (Fsp3) is 0.105. The monoisotopic (exact) mass is 325 g/mol. The highest BCUT2D eigenvalue weighted by molar-refractivity contribution is 6.30. The number of benzene rings is 2. The summed E-state index contributed by atoms with van der Waals surface area (Å²) in [6.07, 6.45) is 1.52. The minimum atomic E-state index is -0.254. The summed E-state index contributed by atoms with van der Waals surface area (Å²) < 4.78 is 5.22. The van der Waals surface area contributed by atoms with Crippen molar-refractivity contribution in [3.63, 3.8) is 0 Å². The van der Waals surface area contributed by atoms with Gasteiger partial charge in [0.15, 0.2) is 0 Å². The largest absolute Gasteiger partial charge is 0.469 e. The third-order valence-corrected chi connectivity index (χ3v) is 3.97. The maximum absolute atomic E-state index is 12.6. The van der Waals surface area contributed by atoms with Gasteiger partial charge >= 0.3 is 0 Å². The maximum atomic E-state index is 12.6. The third-order valence-electron chi connectivity index (χ3n) is 3.72. The lowest BCUT2D eigenvalue weighted by Gasteiger charge is -2.20. The molecule has 0 spiro atoms. The molecule has 3 aromatic rings. The maximum Gasteiger partial charge on any atom is 0.255 e. The normalized spacial score (nSPS) is 11.9. The molecule has 1 amide bonds. The number of aryl methyl sites for hydroxylation is 1. The summed E-state index contributed by atoms with van der Waals surface area (Å²) in [6.45, 7) is 1.77. The van der Waals surface area contributed by atoms with Crippen molar-refractivity contribution in [1.82, 2.24) is 5.32 Å². The van der Waals surface area contributed by atoms with Crippen LogP contribution in [0.3, 0.4) is 0 Å². The molecule has 1 heterocycles. The molecule has 1 unspecified atom stereocenters. The van der Waals surface area contributed by atoms with Gasteiger partial charge in [-0.3, -0.25) is 4.79 Å². The fourth-order valence-electron chi connectivity index (χ4n) is 2.49. The number of hydrogen-bond donors (Lipinski definition) is 1. The van der Waals surface area contributed by atoms with Gasteiger partial charge in [-0.15, -0.1) is 0 Å². The van der Waals surface area contributed by atoms with E-state index in [2.05, 4.69) is 5.32 Å². The molecule has 0 saturated heterocycles. The average molecular weight is 326 g/mol. The quantitative estimate of drug-likeness (QED) is 0.751. The second-order valence-electron chi connectivity index (χ2n) is 5.26. The Balaban J connectivity index is 1.94. The molecule has 0 saturated carbocycles. The van der Waals surface area contributed by atoms with Crippen molar-refractivity contribution in [2.24, 2.45) is 0 Å². The minimum Gasteiger partial charge on any atom is -0.469 e. The van der Waals surface area contributed by atoms with Gasteiger partial charge in [0.25, 0.3) is 5.91 Å². The van der Waals surface area contributed by atoms with E-state index in [0.717, 1.165) is 11.1 Å². The topological polar surface area (TPSA) is 42.2 Å². The third kappa shape index (κ3) is 3.46. The van der Waals surface area contributed by atoms with Gasteiger partial charge in [-0.2, -0.15) is 0 Å². The second kappa shape index (κ2) is 6.71. The van der Waals surface area contributed by atoms with Gasteiger partial charge in [-0.1, -0.05) is 54.1 Å². The molecule has 1 N–H and O–H groups in total. The van der Waals surface area contributed by atoms with E-state index in [9.17, 15) is 4.79 Å². The molecule has 1 aromatic heterocycles. The predicted octanol–water partition coefficient (Wildman–Crippen LogP) is 4.76. The Bertz CT molecular complexity index is 794. The lowest BCUT2D eigenvalue weighted by Crippen LogP contribution is -2.29. The number of hydrogen-bond acceptors (Lipinski definition) is 2. The molecule has 4 heteroatoms. The molecule has 3 rings (SSSR count). The Hall–Kier alpha value is -2.52. The van der Waals surface area contributed by atoms with Crippen molar-refractivity contribution in [2.45, 2.75) is 13.0 Å². The first kappa shape index (κ1) is 15.4. The van der Waals surface area contributed by atoms with Gasteiger partial charge in [0, 0.05) is 5.02 Å². The Labute approximate surface area is 139 Å². The highest BCUT2D eigenvalue weighted by Gasteiger charge is 2.19. The Morgan fingerprint density at radius 1 is 1.00 bits per heavy atom. The van der Waals surface area contributed by atoms with Crippen molar-refractivity contribution in [2.75, 3.05) is 0 Å². The van der Waals surface area contributed by atoms with Gasteiger partial charge < -0.3 is 9.73 Å². The number of furan rings is 1. The Morgan fingerprint density at radius 2 is 1.65 bits per heavy atom. The van der Waals surface area contributed by atoms with Crippen molar-refractivity contribution in [3.8, 4) is 0 Å². The Kier molecular flexibility index (Phi) is 4.49. The van der Waals surface area contributed by atoms with Crippen LogP contribution in [0.25, 0.3) is 0 Å². The molecule has 0 fully saturated rings. The molecule has 0 radical (unpaired) electrons. The van der Waals surface area contributed by atoms with Crippen LogP contribution in [0.4, 0.5) is 0 Å². The summed E-state index contributed by atoms with van der Waals surface area (Å²) in [4.78, 5) is 12.6. The van der Waals surface area contributed by atoms with Gasteiger partial charge in [-0.25, -0.2) is 0 Å². The van der Waals surface area contributed by atoms with Crippen LogP contribution in [0.1, 0.15) is 33.3 Å². The number of halogens is 1. The standard InChI is InChI=1S/C19H16ClNO2/c1-13-17(11-12-23-13)19(22)21-18(14-5-3-2-4-6-14)15-7-9-16(20)10-8-15/h2-12,18H,1H3,(H,21,22). The zero-order valence-corrected chi connectivity index (χ0v) is 13.4. The smallest absolute Gasteiger partial charge is 0.255 e. The summed E-state index contributed by atoms with van der Waals surface area (Å²) >= 11 is 5.97. The summed E-state index contributed by atoms with van der Waals surface area (Å²) in [5.74, 6) is 0.436. The molecular formula is C19H16ClNO2. The molecule has 1 atom stereocenters. The van der Waals surface area contributed by atoms with Crippen LogP contribution in [0.15, 0.2) is 71.3 Å². The van der Waals surface area contributed by atoms with E-state index in [0.29, 0.717) is 16.3 Å². The number of carbonyl (C=O) groups is 1. The van der Waals surface area contributed by atoms with Crippen molar-refractivity contribution < 1.29 is 9.21 Å². The van der Waals surface area contributed by atoms with Crippen LogP contribution in [0.2, 0.25) is 5.02 Å². The lowest BCUT2D eigenvalue weighted by molar-refractivity contribution is 0.0941. The van der Waals surface area contributed by atoms with Crippen molar-refractivity contribution in [1.29, 1.82) is 0 Å². The first-order chi connectivity index (χ1) is 11.1. The summed E-state index contributed by atoms with van der Waals surface area (Å²) in [7, 11) is 0. The highest BCUT2D eigenvalue weighted by atomic mass is 35.5. The molecule has 0 aliphatic carbocycles. The molecule has 0 aliphatic rings. The average Bonchev–Trinajstić information content (AvgIpc) is 3.00. The number of rotatable bonds is 4. The molecule has 23 heavy (non-hydrogen) atoms. The molecular weight excluding hydrogens is 310 g/mol. The molecule has 3 nitrogen and oxygen atoms in total. The highest BCUT2D eigenvalue weighted by Crippen LogP contribution is 2.24. The molecule has 116 valence electrons. The SMILES string of the molecule is Cc1occc1C(=O)NC(c1ccccc1)c1ccc(Cl)cc1. The second-order valence-corrected chi connectivity index (χ2v) is 5.70. The fourth-order valence-corrected chi connectivity index (χ4v) is 2.62. The molecule has 0 aliphatic heterocycles. The zero-order valence-electron chi connectivity index (χ0n) is 12.6. The molecule has 2 aromatic carbocycles. The van der Waals surface area contributed by atoms with Gasteiger partial charge in [0.2, 0.25) is 0 Å². The van der Waals surface area contributed by atoms with Crippen LogP contribution in [-0.4, -0.2) is 5.91 Å². The number of nitrogens with one attached hydrogen (secondary N) is 1. The van der Waals surface area contributed by atoms with E-state index in [1.807, 2.05) is 54.6 Å². The minimum absolute atomic E-state index is 0.167. The van der Waals surface area contributed by atoms with E-state index >= 15 is 0 Å². The first-order valence-electron chi connectivity index (χ1n) is 7.30. The number of carbonyl (C=O) groups excluding carboxylic acids is 1. The lowest BCUT2D eigenvalue weighted by atomic mass is 9.98. The van der Waals surface area contributed by atoms with Crippen LogP contribution in [-0.2, 0) is 0 Å². The van der Waals surface area contributed by atoms with E-state index in [-0.39, 0.29) is 11.9 Å². The van der Waals surface area contributed by atoms with E-state index in [1.54, 1.807) is 13.0 Å². The van der Waals surface area contributed by atoms with Crippen molar-refractivity contribution in [3.05, 3.63) is 94.4 Å². The number of amides is 1. The summed E-state index contributed by atoms with van der Waals surface area (Å²) in [5.41, 5.74) is 2.51. The Morgan fingerprint density at radius 3 is 2.26 bits per heavy atom. The predicted molar refractivity (Wildman–Crippen MR) is 90.6 cm³/mol. The van der Waals surface area contributed by atoms with Gasteiger partial charge in [-0.05, 0) is 36.2 Å². The van der Waals surface area contributed by atoms with Crippen molar-refractivity contribution >= 4 is 17.5 Å². The first-order valence-corrected chi connectivity index (χ1v) is 7.68. The zero-order chi connectivity index (χ0) is 16.2. The van der Waals surface area contributed by atoms with E-state index in [4.69, 9.17) is 16.0 Å².